The summed E-state index contributed by atoms with van der Waals surface area (Å²) in [4.78, 5) is 38.8. The van der Waals surface area contributed by atoms with Gasteiger partial charge in [0, 0.05) is 54.6 Å². The summed E-state index contributed by atoms with van der Waals surface area (Å²) in [5, 5.41) is 27.3. The summed E-state index contributed by atoms with van der Waals surface area (Å²) in [5.41, 5.74) is 3.88. The third-order valence-corrected chi connectivity index (χ3v) is 16.9. The van der Waals surface area contributed by atoms with Crippen molar-refractivity contribution in [3.05, 3.63) is 94.5 Å². The normalized spacial score (nSPS) is 23.8. The number of anilines is 2. The van der Waals surface area contributed by atoms with E-state index in [2.05, 4.69) is 73.1 Å². The highest BCUT2D eigenvalue weighted by atomic mass is 32.2. The van der Waals surface area contributed by atoms with Gasteiger partial charge in [0.15, 0.2) is 5.75 Å². The number of nitroso groups, excluding NO2 is 1. The van der Waals surface area contributed by atoms with E-state index in [1.165, 1.54) is 42.9 Å². The molecule has 0 unspecified atom stereocenters. The van der Waals surface area contributed by atoms with Gasteiger partial charge < -0.3 is 39.6 Å². The number of hydrogen-bond donors (Lipinski definition) is 5. The summed E-state index contributed by atoms with van der Waals surface area (Å²) in [7, 11) is -4.60. The maximum Gasteiger partial charge on any atom is 0.268 e. The number of nitrogens with zero attached hydrogens (tertiary/aromatic N) is 4. The van der Waals surface area contributed by atoms with Gasteiger partial charge in [-0.25, -0.2) is 13.1 Å². The fraction of sp³-hybridized carbons (Fsp3) is 0.500. The largest absolute Gasteiger partial charge is 0.489 e. The van der Waals surface area contributed by atoms with Crippen molar-refractivity contribution in [1.82, 2.24) is 19.6 Å². The van der Waals surface area contributed by atoms with Gasteiger partial charge in [-0.3, -0.25) is 9.69 Å². The predicted octanol–water partition coefficient (Wildman–Crippen LogP) is 9.07. The van der Waals surface area contributed by atoms with Crippen LogP contribution in [0.4, 0.5) is 17.1 Å². The molecule has 5 N–H and O–H groups in total. The minimum Gasteiger partial charge on any atom is -0.489 e. The molecule has 2 aromatic heterocycles. The average Bonchev–Trinajstić information content (AvgIpc) is 4.02. The molecule has 2 saturated heterocycles. The Labute approximate surface area is 403 Å². The Balaban J connectivity index is 0.878. The van der Waals surface area contributed by atoms with Gasteiger partial charge in [0.1, 0.15) is 41.7 Å². The van der Waals surface area contributed by atoms with E-state index in [0.29, 0.717) is 41.9 Å². The number of H-pyrrole nitrogens is 1. The zero-order chi connectivity index (χ0) is 48.1. The molecule has 1 amide bonds. The van der Waals surface area contributed by atoms with Gasteiger partial charge in [0.25, 0.3) is 21.8 Å². The van der Waals surface area contributed by atoms with E-state index in [-0.39, 0.29) is 82.2 Å². The molecule has 69 heavy (non-hydrogen) atoms. The van der Waals surface area contributed by atoms with Crippen LogP contribution >= 0.6 is 0 Å². The van der Waals surface area contributed by atoms with E-state index in [1.807, 2.05) is 19.1 Å². The first-order valence-corrected chi connectivity index (χ1v) is 26.0. The zero-order valence-electron chi connectivity index (χ0n) is 39.6. The number of fused-ring (bicyclic) bond motifs is 2. The number of aromatic nitrogens is 2. The smallest absolute Gasteiger partial charge is 0.268 e. The van der Waals surface area contributed by atoms with Gasteiger partial charge in [-0.05, 0) is 142 Å². The second-order valence-electron chi connectivity index (χ2n) is 20.5. The molecule has 5 aliphatic rings. The zero-order valence-corrected chi connectivity index (χ0v) is 40.4. The molecule has 17 heteroatoms. The van der Waals surface area contributed by atoms with Crippen LogP contribution in [0.5, 0.6) is 23.1 Å². The number of aromatic amines is 1. The number of aliphatic hydroxyl groups is 2. The van der Waals surface area contributed by atoms with Crippen molar-refractivity contribution >= 4 is 44.0 Å². The van der Waals surface area contributed by atoms with E-state index in [4.69, 9.17) is 14.2 Å². The van der Waals surface area contributed by atoms with Crippen LogP contribution in [0, 0.1) is 16.2 Å². The molecule has 4 fully saturated rings. The molecule has 3 aliphatic heterocycles. The Morgan fingerprint density at radius 1 is 1.00 bits per heavy atom. The second kappa shape index (κ2) is 18.9. The van der Waals surface area contributed by atoms with Crippen molar-refractivity contribution in [1.29, 1.82) is 0 Å². The van der Waals surface area contributed by atoms with Crippen LogP contribution in [0.1, 0.15) is 118 Å². The highest BCUT2D eigenvalue weighted by molar-refractivity contribution is 7.90. The average molecular weight is 962 g/mol. The standard InChI is InChI=1S/C52H63N7O9S/c1-32(2)38-7-4-5-8-39(38)43-9-6-20-59(43)36-29-52(30-36)17-21-58(22-18-52)35-10-11-40(44(26-35)68-46-25-34-14-19-53-48(34)55-50(46)66-24-23-60)49(61)57-69(64,65)37-27-41(56-63)47-45(28-37)67-31-42(54-47)33-12-15-51(3,62)16-13-33/h4-5,7-8,10-11,14,19,25-28,32-33,36,42-43,54,60,62H,6,9,12-13,15-18,20-24,29-31H2,1-3H3,(H,53,55)(H,57,61)/t33?,42-,43-,51?/m1/s1. The molecular formula is C52H63N7O9S. The lowest BCUT2D eigenvalue weighted by atomic mass is 9.59. The molecule has 5 aromatic rings. The van der Waals surface area contributed by atoms with Crippen LogP contribution in [-0.2, 0) is 10.0 Å². The number of rotatable bonds is 14. The number of sulfonamides is 1. The maximum atomic E-state index is 14.3. The second-order valence-corrected chi connectivity index (χ2v) is 22.2. The quantitative estimate of drug-likeness (QED) is 0.0659. The highest BCUT2D eigenvalue weighted by Gasteiger charge is 2.50. The lowest BCUT2D eigenvalue weighted by Gasteiger charge is -2.56. The van der Waals surface area contributed by atoms with E-state index in [1.54, 1.807) is 24.4 Å². The number of aliphatic hydroxyl groups excluding tert-OH is 1. The number of hydrogen-bond acceptors (Lipinski definition) is 14. The third-order valence-electron chi connectivity index (χ3n) is 15.6. The van der Waals surface area contributed by atoms with Gasteiger partial charge in [-0.1, -0.05) is 38.1 Å². The number of pyridine rings is 1. The van der Waals surface area contributed by atoms with Crippen molar-refractivity contribution < 1.29 is 37.6 Å². The molecule has 2 aliphatic carbocycles. The molecule has 5 heterocycles. The number of carbonyl (C=O) groups excluding carboxylic acids is 1. The fourth-order valence-corrected chi connectivity index (χ4v) is 12.7. The predicted molar refractivity (Wildman–Crippen MR) is 263 cm³/mol. The Kier molecular flexibility index (Phi) is 12.8. The number of benzene rings is 3. The molecule has 1 spiro atoms. The summed E-state index contributed by atoms with van der Waals surface area (Å²) >= 11 is 0. The lowest BCUT2D eigenvalue weighted by Crippen LogP contribution is -2.54. The van der Waals surface area contributed by atoms with E-state index >= 15 is 0 Å². The van der Waals surface area contributed by atoms with Gasteiger partial charge >= 0.3 is 0 Å². The molecule has 10 rings (SSSR count). The Morgan fingerprint density at radius 2 is 1.78 bits per heavy atom. The molecule has 2 atom stereocenters. The van der Waals surface area contributed by atoms with Gasteiger partial charge in [-0.2, -0.15) is 4.98 Å². The summed E-state index contributed by atoms with van der Waals surface area (Å²) < 4.78 is 48.7. The fourth-order valence-electron chi connectivity index (χ4n) is 11.7. The molecule has 2 saturated carbocycles. The topological polar surface area (TPSA) is 208 Å². The number of nitrogens with one attached hydrogen (secondary N) is 3. The van der Waals surface area contributed by atoms with Crippen LogP contribution in [0.3, 0.4) is 0 Å². The van der Waals surface area contributed by atoms with Gasteiger partial charge in [0.2, 0.25) is 0 Å². The number of likely N-dealkylation sites (tertiary alicyclic amines) is 1. The van der Waals surface area contributed by atoms with Crippen molar-refractivity contribution in [2.45, 2.75) is 120 Å². The van der Waals surface area contributed by atoms with Crippen LogP contribution in [-0.4, -0.2) is 96.5 Å². The molecule has 16 nitrogen and oxygen atoms in total. The highest BCUT2D eigenvalue weighted by Crippen LogP contribution is 2.54. The van der Waals surface area contributed by atoms with Crippen LogP contribution in [0.15, 0.2) is 83.0 Å². The van der Waals surface area contributed by atoms with E-state index in [0.717, 1.165) is 57.1 Å². The minimum atomic E-state index is -4.60. The van der Waals surface area contributed by atoms with Crippen LogP contribution in [0.2, 0.25) is 0 Å². The van der Waals surface area contributed by atoms with Crippen molar-refractivity contribution in [2.24, 2.45) is 16.5 Å². The third kappa shape index (κ3) is 9.50. The van der Waals surface area contributed by atoms with E-state index in [9.17, 15) is 28.3 Å². The summed E-state index contributed by atoms with van der Waals surface area (Å²) in [6.45, 7) is 9.03. The van der Waals surface area contributed by atoms with Gasteiger partial charge in [0.05, 0.1) is 28.7 Å². The number of ether oxygens (including phenoxy) is 3. The number of piperidine rings is 1. The summed E-state index contributed by atoms with van der Waals surface area (Å²) in [5.74, 6) is 0.126. The van der Waals surface area contributed by atoms with Gasteiger partial charge in [-0.15, -0.1) is 4.91 Å². The first-order chi connectivity index (χ1) is 33.2. The van der Waals surface area contributed by atoms with Crippen molar-refractivity contribution in [3.8, 4) is 23.1 Å². The van der Waals surface area contributed by atoms with E-state index < -0.39 is 21.5 Å². The van der Waals surface area contributed by atoms with Crippen molar-refractivity contribution in [3.63, 3.8) is 0 Å². The minimum absolute atomic E-state index is 0.0661. The maximum absolute atomic E-state index is 14.3. The monoisotopic (exact) mass is 961 g/mol. The molecule has 0 bridgehead atoms. The Bertz CT molecular complexity index is 2820. The van der Waals surface area contributed by atoms with Crippen molar-refractivity contribution in [2.75, 3.05) is 49.7 Å². The SMILES string of the molecule is CC(C)c1ccccc1[C@H]1CCCN1C1CC2(CCN(c3ccc(C(=O)NS(=O)(=O)c4cc(N=O)c5c(c4)OC[C@H](C4CCC(C)(O)CC4)N5)c(Oc4cc5cc[nH]c5nc4OCCO)c3)CC2)C1. The lowest BCUT2D eigenvalue weighted by molar-refractivity contribution is -0.0227. The first-order valence-electron chi connectivity index (χ1n) is 24.6. The Hall–Kier alpha value is -5.75. The summed E-state index contributed by atoms with van der Waals surface area (Å²) in [6, 6.07) is 20.9. The first kappa shape index (κ1) is 47.0. The Morgan fingerprint density at radius 3 is 2.54 bits per heavy atom. The number of amides is 1. The number of carbonyl (C=O) groups is 1. The van der Waals surface area contributed by atoms with Crippen LogP contribution in [0.25, 0.3) is 11.0 Å². The molecule has 366 valence electrons. The molecule has 3 aromatic carbocycles. The molecular weight excluding hydrogens is 899 g/mol. The summed E-state index contributed by atoms with van der Waals surface area (Å²) in [6.07, 6.45) is 11.3. The van der Waals surface area contributed by atoms with Crippen LogP contribution < -0.4 is 29.1 Å². The molecule has 0 radical (unpaired) electrons.